The summed E-state index contributed by atoms with van der Waals surface area (Å²) in [6.45, 7) is 0.700. The number of oxazole rings is 1. The lowest BCUT2D eigenvalue weighted by molar-refractivity contribution is 0.0937. The molecule has 134 valence electrons. The molecule has 1 aliphatic carbocycles. The van der Waals surface area contributed by atoms with Crippen molar-refractivity contribution in [3.8, 4) is 0 Å². The minimum atomic E-state index is -0.362. The molecule has 8 nitrogen and oxygen atoms in total. The molecule has 3 heterocycles. The lowest BCUT2D eigenvalue weighted by Crippen LogP contribution is -2.27. The Morgan fingerprint density at radius 1 is 1.27 bits per heavy atom. The number of hydrogen-bond acceptors (Lipinski definition) is 7. The van der Waals surface area contributed by atoms with Gasteiger partial charge in [0.2, 0.25) is 5.89 Å². The third-order valence-corrected chi connectivity index (χ3v) is 4.68. The van der Waals surface area contributed by atoms with Crippen LogP contribution in [-0.4, -0.2) is 33.6 Å². The Bertz CT molecular complexity index is 980. The fraction of sp³-hybridized carbons (Fsp3) is 0.412. The minimum Gasteiger partial charge on any atom is -0.423 e. The number of nitrogens with zero attached hydrogens (tertiary/aromatic N) is 4. The van der Waals surface area contributed by atoms with Gasteiger partial charge in [-0.15, -0.1) is 0 Å². The predicted octanol–water partition coefficient (Wildman–Crippen LogP) is 2.58. The maximum atomic E-state index is 13.4. The molecular formula is C17H16FN5O3. The molecule has 1 aliphatic heterocycles. The zero-order chi connectivity index (χ0) is 17.7. The van der Waals surface area contributed by atoms with Crippen LogP contribution in [0.4, 0.5) is 10.4 Å². The highest BCUT2D eigenvalue weighted by atomic mass is 19.1. The maximum Gasteiger partial charge on any atom is 0.299 e. The van der Waals surface area contributed by atoms with E-state index in [2.05, 4.69) is 20.4 Å². The van der Waals surface area contributed by atoms with Gasteiger partial charge < -0.3 is 19.2 Å². The summed E-state index contributed by atoms with van der Waals surface area (Å²) >= 11 is 0. The quantitative estimate of drug-likeness (QED) is 0.766. The number of nitrogens with one attached hydrogen (secondary N) is 1. The Labute approximate surface area is 147 Å². The lowest BCUT2D eigenvalue weighted by atomic mass is 10.2. The lowest BCUT2D eigenvalue weighted by Gasteiger charge is -2.19. The van der Waals surface area contributed by atoms with Crippen LogP contribution in [0.25, 0.3) is 11.1 Å². The largest absolute Gasteiger partial charge is 0.423 e. The Morgan fingerprint density at radius 2 is 2.15 bits per heavy atom. The Kier molecular flexibility index (Phi) is 3.41. The Morgan fingerprint density at radius 3 is 3.00 bits per heavy atom. The standard InChI is InChI=1S/C17H16FN5O3/c18-9-3-6-13-11(8-9)20-17(25-13)23-7-1-2-12(23)16-21-14(22-26-16)15(24)19-10-4-5-10/h3,6,8,10,12H,1-2,4-5,7H2,(H,19,24). The van der Waals surface area contributed by atoms with Crippen LogP contribution in [-0.2, 0) is 0 Å². The van der Waals surface area contributed by atoms with Crippen LogP contribution < -0.4 is 10.2 Å². The van der Waals surface area contributed by atoms with E-state index in [-0.39, 0.29) is 29.6 Å². The summed E-state index contributed by atoms with van der Waals surface area (Å²) in [6.07, 6.45) is 3.65. The number of anilines is 1. The van der Waals surface area contributed by atoms with Crippen LogP contribution in [0, 0.1) is 5.82 Å². The van der Waals surface area contributed by atoms with Crippen molar-refractivity contribution in [1.82, 2.24) is 20.4 Å². The number of rotatable bonds is 4. The molecule has 1 unspecified atom stereocenters. The second-order valence-electron chi connectivity index (χ2n) is 6.66. The van der Waals surface area contributed by atoms with E-state index in [1.54, 1.807) is 6.07 Å². The average Bonchev–Trinajstić information content (AvgIpc) is 3.08. The first-order valence-electron chi connectivity index (χ1n) is 8.64. The third kappa shape index (κ3) is 2.69. The van der Waals surface area contributed by atoms with Gasteiger partial charge in [0, 0.05) is 18.7 Å². The number of fused-ring (bicyclic) bond motifs is 1. The first-order valence-corrected chi connectivity index (χ1v) is 8.64. The van der Waals surface area contributed by atoms with Crippen LogP contribution >= 0.6 is 0 Å². The van der Waals surface area contributed by atoms with Gasteiger partial charge in [0.1, 0.15) is 17.4 Å². The van der Waals surface area contributed by atoms with Gasteiger partial charge in [-0.3, -0.25) is 4.79 Å². The van der Waals surface area contributed by atoms with Gasteiger partial charge in [-0.1, -0.05) is 5.16 Å². The zero-order valence-corrected chi connectivity index (χ0v) is 13.8. The number of halogens is 1. The van der Waals surface area contributed by atoms with E-state index in [4.69, 9.17) is 8.94 Å². The van der Waals surface area contributed by atoms with Gasteiger partial charge in [0.15, 0.2) is 5.58 Å². The van der Waals surface area contributed by atoms with Crippen LogP contribution in [0.15, 0.2) is 27.1 Å². The number of amides is 1. The van der Waals surface area contributed by atoms with Crippen molar-refractivity contribution in [2.45, 2.75) is 37.8 Å². The first kappa shape index (κ1) is 15.3. The Hall–Kier alpha value is -2.97. The molecule has 1 N–H and O–H groups in total. The highest BCUT2D eigenvalue weighted by Crippen LogP contribution is 2.36. The summed E-state index contributed by atoms with van der Waals surface area (Å²) < 4.78 is 24.4. The number of hydrogen-bond donors (Lipinski definition) is 1. The van der Waals surface area contributed by atoms with Crippen molar-refractivity contribution in [3.63, 3.8) is 0 Å². The number of benzene rings is 1. The third-order valence-electron chi connectivity index (χ3n) is 4.68. The highest BCUT2D eigenvalue weighted by Gasteiger charge is 2.35. The van der Waals surface area contributed by atoms with Gasteiger partial charge in [0.05, 0.1) is 0 Å². The SMILES string of the molecule is O=C(NC1CC1)c1noc(C2CCCN2c2nc3cc(F)ccc3o2)n1. The number of aromatic nitrogens is 3. The van der Waals surface area contributed by atoms with Gasteiger partial charge >= 0.3 is 0 Å². The fourth-order valence-electron chi connectivity index (χ4n) is 3.20. The zero-order valence-electron chi connectivity index (χ0n) is 13.8. The second-order valence-corrected chi connectivity index (χ2v) is 6.66. The van der Waals surface area contributed by atoms with Crippen LogP contribution in [0.5, 0.6) is 0 Å². The topological polar surface area (TPSA) is 97.3 Å². The highest BCUT2D eigenvalue weighted by molar-refractivity contribution is 5.90. The molecule has 26 heavy (non-hydrogen) atoms. The first-order chi connectivity index (χ1) is 12.7. The summed E-state index contributed by atoms with van der Waals surface area (Å²) in [5.41, 5.74) is 0.975. The molecular weight excluding hydrogens is 341 g/mol. The predicted molar refractivity (Wildman–Crippen MR) is 88.1 cm³/mol. The molecule has 1 atom stereocenters. The van der Waals surface area contributed by atoms with E-state index in [0.717, 1.165) is 25.7 Å². The van der Waals surface area contributed by atoms with Gasteiger partial charge in [-0.2, -0.15) is 9.97 Å². The van der Waals surface area contributed by atoms with Crippen LogP contribution in [0.3, 0.4) is 0 Å². The summed E-state index contributed by atoms with van der Waals surface area (Å²) in [4.78, 5) is 22.6. The molecule has 2 aromatic heterocycles. The van der Waals surface area contributed by atoms with Crippen molar-refractivity contribution in [2.24, 2.45) is 0 Å². The van der Waals surface area contributed by atoms with Gasteiger partial charge in [0.25, 0.3) is 17.7 Å². The molecule has 1 saturated carbocycles. The normalized spacial score (nSPS) is 20.0. The van der Waals surface area contributed by atoms with E-state index in [9.17, 15) is 9.18 Å². The van der Waals surface area contributed by atoms with Crippen LogP contribution in [0.2, 0.25) is 0 Å². The molecule has 1 saturated heterocycles. The monoisotopic (exact) mass is 357 g/mol. The molecule has 1 aromatic carbocycles. The van der Waals surface area contributed by atoms with Gasteiger partial charge in [-0.25, -0.2) is 4.39 Å². The molecule has 0 radical (unpaired) electrons. The molecule has 5 rings (SSSR count). The minimum absolute atomic E-state index is 0.0402. The van der Waals surface area contributed by atoms with Crippen molar-refractivity contribution in [3.05, 3.63) is 35.7 Å². The average molecular weight is 357 g/mol. The van der Waals surface area contributed by atoms with E-state index in [1.165, 1.54) is 12.1 Å². The summed E-state index contributed by atoms with van der Waals surface area (Å²) in [5.74, 6) is -0.279. The summed E-state index contributed by atoms with van der Waals surface area (Å²) in [7, 11) is 0. The van der Waals surface area contributed by atoms with E-state index >= 15 is 0 Å². The summed E-state index contributed by atoms with van der Waals surface area (Å²) in [6, 6.07) is 4.62. The Balaban J connectivity index is 1.41. The molecule has 2 aliphatic rings. The van der Waals surface area contributed by atoms with E-state index < -0.39 is 0 Å². The molecule has 0 bridgehead atoms. The van der Waals surface area contributed by atoms with E-state index in [1.807, 2.05) is 4.90 Å². The van der Waals surface area contributed by atoms with E-state index in [0.29, 0.717) is 29.5 Å². The number of carbonyl (C=O) groups is 1. The van der Waals surface area contributed by atoms with Crippen LogP contribution in [0.1, 0.15) is 48.2 Å². The maximum absolute atomic E-state index is 13.4. The molecule has 1 amide bonds. The molecule has 9 heteroatoms. The smallest absolute Gasteiger partial charge is 0.299 e. The molecule has 3 aromatic rings. The molecule has 2 fully saturated rings. The fourth-order valence-corrected chi connectivity index (χ4v) is 3.20. The van der Waals surface area contributed by atoms with Crippen molar-refractivity contribution >= 4 is 23.0 Å². The molecule has 0 spiro atoms. The second kappa shape index (κ2) is 5.79. The number of carbonyl (C=O) groups excluding carboxylic acids is 1. The summed E-state index contributed by atoms with van der Waals surface area (Å²) in [5, 5.41) is 6.63. The van der Waals surface area contributed by atoms with Crippen molar-refractivity contribution in [1.29, 1.82) is 0 Å². The van der Waals surface area contributed by atoms with Crippen molar-refractivity contribution < 1.29 is 18.1 Å². The van der Waals surface area contributed by atoms with Crippen molar-refractivity contribution in [2.75, 3.05) is 11.4 Å². The van der Waals surface area contributed by atoms with Gasteiger partial charge in [-0.05, 0) is 37.8 Å².